The fourth-order valence-corrected chi connectivity index (χ4v) is 1.66. The lowest BCUT2D eigenvalue weighted by molar-refractivity contribution is -0.389. The lowest BCUT2D eigenvalue weighted by Gasteiger charge is -2.23. The first kappa shape index (κ1) is 9.14. The standard InChI is InChI=1S/C8H12N4O2/c1-2-10-3-4-11-7(6-10)5-8(9-11)12(13)14/h5H,2-4,6H2,1H3. The van der Waals surface area contributed by atoms with E-state index in [1.165, 1.54) is 0 Å². The first-order valence-corrected chi connectivity index (χ1v) is 4.64. The Kier molecular flexibility index (Phi) is 2.20. The summed E-state index contributed by atoms with van der Waals surface area (Å²) in [5.41, 5.74) is 0.935. The Morgan fingerprint density at radius 1 is 1.64 bits per heavy atom. The maximum absolute atomic E-state index is 10.5. The number of fused-ring (bicyclic) bond motifs is 1. The molecule has 0 unspecified atom stereocenters. The van der Waals surface area contributed by atoms with Crippen molar-refractivity contribution in [3.8, 4) is 0 Å². The monoisotopic (exact) mass is 196 g/mol. The molecule has 0 fully saturated rings. The Bertz CT molecular complexity index is 360. The molecule has 6 nitrogen and oxygen atoms in total. The van der Waals surface area contributed by atoms with E-state index in [1.54, 1.807) is 10.7 Å². The number of nitrogens with zero attached hydrogens (tertiary/aromatic N) is 4. The van der Waals surface area contributed by atoms with Gasteiger partial charge in [0.1, 0.15) is 0 Å². The molecule has 6 heteroatoms. The molecule has 14 heavy (non-hydrogen) atoms. The van der Waals surface area contributed by atoms with Crippen molar-refractivity contribution in [2.75, 3.05) is 13.1 Å². The molecule has 1 aliphatic rings. The molecule has 0 amide bonds. The SMILES string of the molecule is CCN1CCn2nc([N+](=O)[O-])cc2C1. The first-order chi connectivity index (χ1) is 6.70. The maximum atomic E-state index is 10.5. The summed E-state index contributed by atoms with van der Waals surface area (Å²) in [7, 11) is 0. The van der Waals surface area contributed by atoms with Gasteiger partial charge in [-0.2, -0.15) is 4.68 Å². The van der Waals surface area contributed by atoms with Crippen molar-refractivity contribution in [3.05, 3.63) is 21.9 Å². The van der Waals surface area contributed by atoms with Gasteiger partial charge in [-0.05, 0) is 11.5 Å². The van der Waals surface area contributed by atoms with Crippen molar-refractivity contribution in [2.45, 2.75) is 20.0 Å². The quantitative estimate of drug-likeness (QED) is 0.514. The van der Waals surface area contributed by atoms with Crippen molar-refractivity contribution < 1.29 is 4.92 Å². The van der Waals surface area contributed by atoms with E-state index in [-0.39, 0.29) is 5.82 Å². The molecule has 2 heterocycles. The summed E-state index contributed by atoms with van der Waals surface area (Å²) in [5.74, 6) is -0.0436. The van der Waals surface area contributed by atoms with Crippen molar-refractivity contribution in [1.82, 2.24) is 14.7 Å². The average molecular weight is 196 g/mol. The van der Waals surface area contributed by atoms with Gasteiger partial charge in [-0.1, -0.05) is 6.92 Å². The molecule has 0 spiro atoms. The molecule has 1 aromatic heterocycles. The lowest BCUT2D eigenvalue weighted by Crippen LogP contribution is -2.33. The van der Waals surface area contributed by atoms with Crippen LogP contribution < -0.4 is 0 Å². The second kappa shape index (κ2) is 3.38. The predicted octanol–water partition coefficient (Wildman–Crippen LogP) is 0.627. The second-order valence-corrected chi connectivity index (χ2v) is 3.34. The van der Waals surface area contributed by atoms with Crippen LogP contribution in [0.25, 0.3) is 0 Å². The van der Waals surface area contributed by atoms with Crippen LogP contribution in [-0.4, -0.2) is 32.7 Å². The molecule has 2 rings (SSSR count). The minimum Gasteiger partial charge on any atom is -0.358 e. The first-order valence-electron chi connectivity index (χ1n) is 4.64. The molecule has 76 valence electrons. The Labute approximate surface area is 81.3 Å². The molecule has 0 atom stereocenters. The molecule has 0 saturated carbocycles. The van der Waals surface area contributed by atoms with Gasteiger partial charge in [0.05, 0.1) is 23.4 Å². The van der Waals surface area contributed by atoms with E-state index < -0.39 is 4.92 Å². The zero-order valence-corrected chi connectivity index (χ0v) is 8.01. The highest BCUT2D eigenvalue weighted by atomic mass is 16.6. The van der Waals surface area contributed by atoms with Crippen molar-refractivity contribution >= 4 is 5.82 Å². The largest absolute Gasteiger partial charge is 0.390 e. The second-order valence-electron chi connectivity index (χ2n) is 3.34. The third-order valence-corrected chi connectivity index (χ3v) is 2.50. The van der Waals surface area contributed by atoms with Crippen LogP contribution >= 0.6 is 0 Å². The summed E-state index contributed by atoms with van der Waals surface area (Å²) in [6, 6.07) is 1.56. The summed E-state index contributed by atoms with van der Waals surface area (Å²) in [4.78, 5) is 12.3. The van der Waals surface area contributed by atoms with Crippen LogP contribution in [0.5, 0.6) is 0 Å². The fraction of sp³-hybridized carbons (Fsp3) is 0.625. The van der Waals surface area contributed by atoms with Crippen LogP contribution in [0.15, 0.2) is 6.07 Å². The maximum Gasteiger partial charge on any atom is 0.390 e. The number of rotatable bonds is 2. The van der Waals surface area contributed by atoms with Gasteiger partial charge in [0.2, 0.25) is 0 Å². The van der Waals surface area contributed by atoms with Gasteiger partial charge >= 0.3 is 5.82 Å². The van der Waals surface area contributed by atoms with Gasteiger partial charge in [-0.3, -0.25) is 4.90 Å². The number of nitro groups is 1. The van der Waals surface area contributed by atoms with E-state index in [4.69, 9.17) is 0 Å². The van der Waals surface area contributed by atoms with Crippen LogP contribution in [-0.2, 0) is 13.1 Å². The van der Waals surface area contributed by atoms with Crippen molar-refractivity contribution in [1.29, 1.82) is 0 Å². The lowest BCUT2D eigenvalue weighted by atomic mass is 10.3. The number of hydrogen-bond acceptors (Lipinski definition) is 4. The Hall–Kier alpha value is -1.43. The van der Waals surface area contributed by atoms with Crippen LogP contribution in [0, 0.1) is 10.1 Å². The Morgan fingerprint density at radius 3 is 3.07 bits per heavy atom. The van der Waals surface area contributed by atoms with Crippen LogP contribution in [0.4, 0.5) is 5.82 Å². The molecule has 0 bridgehead atoms. The summed E-state index contributed by atoms with van der Waals surface area (Å²) >= 11 is 0. The molecule has 0 saturated heterocycles. The van der Waals surface area contributed by atoms with E-state index in [0.29, 0.717) is 0 Å². The van der Waals surface area contributed by atoms with Gasteiger partial charge in [0.25, 0.3) is 0 Å². The highest BCUT2D eigenvalue weighted by Gasteiger charge is 2.23. The molecule has 0 radical (unpaired) electrons. The Balaban J connectivity index is 2.25. The topological polar surface area (TPSA) is 64.2 Å². The highest BCUT2D eigenvalue weighted by Crippen LogP contribution is 2.17. The van der Waals surface area contributed by atoms with Crippen LogP contribution in [0.3, 0.4) is 0 Å². The van der Waals surface area contributed by atoms with E-state index in [1.807, 2.05) is 0 Å². The molecule has 0 aliphatic carbocycles. The van der Waals surface area contributed by atoms with Gasteiger partial charge in [-0.25, -0.2) is 0 Å². The third-order valence-electron chi connectivity index (χ3n) is 2.50. The zero-order valence-electron chi connectivity index (χ0n) is 8.01. The molecule has 1 aromatic rings. The molecule has 0 aromatic carbocycles. The number of aromatic nitrogens is 2. The zero-order chi connectivity index (χ0) is 10.1. The van der Waals surface area contributed by atoms with Crippen molar-refractivity contribution in [2.24, 2.45) is 0 Å². The van der Waals surface area contributed by atoms with E-state index >= 15 is 0 Å². The molecular weight excluding hydrogens is 184 g/mol. The normalized spacial score (nSPS) is 16.6. The predicted molar refractivity (Wildman–Crippen MR) is 49.8 cm³/mol. The minimum atomic E-state index is -0.443. The van der Waals surface area contributed by atoms with Crippen LogP contribution in [0.1, 0.15) is 12.6 Å². The summed E-state index contributed by atoms with van der Waals surface area (Å²) in [6.45, 7) is 5.48. The smallest absolute Gasteiger partial charge is 0.358 e. The summed E-state index contributed by atoms with van der Waals surface area (Å²) in [5, 5.41) is 14.4. The van der Waals surface area contributed by atoms with E-state index in [0.717, 1.165) is 31.9 Å². The average Bonchev–Trinajstić information content (AvgIpc) is 2.59. The molecule has 0 N–H and O–H groups in total. The van der Waals surface area contributed by atoms with Gasteiger partial charge in [0, 0.05) is 13.1 Å². The summed E-state index contributed by atoms with van der Waals surface area (Å²) < 4.78 is 1.73. The molecule has 1 aliphatic heterocycles. The fourth-order valence-electron chi connectivity index (χ4n) is 1.66. The number of likely N-dealkylation sites (N-methyl/N-ethyl adjacent to an activating group) is 1. The molecular formula is C8H12N4O2. The van der Waals surface area contributed by atoms with E-state index in [2.05, 4.69) is 16.9 Å². The Morgan fingerprint density at radius 2 is 2.43 bits per heavy atom. The van der Waals surface area contributed by atoms with Gasteiger partial charge < -0.3 is 10.1 Å². The minimum absolute atomic E-state index is 0.0436. The van der Waals surface area contributed by atoms with Crippen LogP contribution in [0.2, 0.25) is 0 Å². The van der Waals surface area contributed by atoms with Gasteiger partial charge in [0.15, 0.2) is 0 Å². The highest BCUT2D eigenvalue weighted by molar-refractivity contribution is 5.22. The number of hydrogen-bond donors (Lipinski definition) is 0. The van der Waals surface area contributed by atoms with Gasteiger partial charge in [-0.15, -0.1) is 0 Å². The van der Waals surface area contributed by atoms with E-state index in [9.17, 15) is 10.1 Å². The van der Waals surface area contributed by atoms with Crippen molar-refractivity contribution in [3.63, 3.8) is 0 Å². The summed E-state index contributed by atoms with van der Waals surface area (Å²) in [6.07, 6.45) is 0. The third kappa shape index (κ3) is 1.48.